The fourth-order valence-electron chi connectivity index (χ4n) is 1.52. The van der Waals surface area contributed by atoms with Crippen LogP contribution in [0.5, 0.6) is 5.75 Å². The molecule has 100 valence electrons. The highest BCUT2D eigenvalue weighted by Crippen LogP contribution is 2.22. The van der Waals surface area contributed by atoms with E-state index in [4.69, 9.17) is 4.74 Å². The van der Waals surface area contributed by atoms with Crippen LogP contribution < -0.4 is 4.74 Å². The first kappa shape index (κ1) is 15.2. The highest BCUT2D eigenvalue weighted by molar-refractivity contribution is 9.09. The summed E-state index contributed by atoms with van der Waals surface area (Å²) in [7, 11) is 0. The minimum absolute atomic E-state index is 0.190. The van der Waals surface area contributed by atoms with Gasteiger partial charge in [-0.2, -0.15) is 0 Å². The minimum Gasteiger partial charge on any atom is -0.492 e. The molecule has 0 N–H and O–H groups in total. The molecule has 1 rings (SSSR count). The van der Waals surface area contributed by atoms with Crippen LogP contribution in [0.15, 0.2) is 18.2 Å². The van der Waals surface area contributed by atoms with Crippen molar-refractivity contribution in [2.24, 2.45) is 11.8 Å². The molecule has 0 aliphatic heterocycles. The summed E-state index contributed by atoms with van der Waals surface area (Å²) in [5, 5.41) is 0.835. The number of ketones is 1. The Morgan fingerprint density at radius 3 is 2.61 bits per heavy atom. The van der Waals surface area contributed by atoms with Gasteiger partial charge >= 0.3 is 0 Å². The van der Waals surface area contributed by atoms with Gasteiger partial charge < -0.3 is 4.74 Å². The first-order valence-electron chi connectivity index (χ1n) is 5.95. The summed E-state index contributed by atoms with van der Waals surface area (Å²) >= 11 is 3.44. The van der Waals surface area contributed by atoms with E-state index in [1.165, 1.54) is 25.1 Å². The number of carbonyl (C=O) groups excluding carboxylic acids is 1. The van der Waals surface area contributed by atoms with E-state index in [1.54, 1.807) is 0 Å². The summed E-state index contributed by atoms with van der Waals surface area (Å²) in [5.41, 5.74) is 0.298. The average Bonchev–Trinajstić information content (AvgIpc) is 2.30. The van der Waals surface area contributed by atoms with E-state index in [9.17, 15) is 9.18 Å². The van der Waals surface area contributed by atoms with E-state index in [1.807, 2.05) is 0 Å². The molecule has 0 amide bonds. The summed E-state index contributed by atoms with van der Waals surface area (Å²) in [6, 6.07) is 4.04. The van der Waals surface area contributed by atoms with Crippen LogP contribution in [0.2, 0.25) is 0 Å². The van der Waals surface area contributed by atoms with Gasteiger partial charge in [-0.15, -0.1) is 0 Å². The Labute approximate surface area is 116 Å². The van der Waals surface area contributed by atoms with Gasteiger partial charge in [0.1, 0.15) is 11.6 Å². The monoisotopic (exact) mass is 316 g/mol. The number of Topliss-reactive ketones (excluding diaryl/α,β-unsaturated/α-hetero) is 1. The van der Waals surface area contributed by atoms with Crippen molar-refractivity contribution >= 4 is 21.7 Å². The summed E-state index contributed by atoms with van der Waals surface area (Å²) < 4.78 is 18.7. The quantitative estimate of drug-likeness (QED) is 0.584. The molecular formula is C14H18BrFO2. The molecule has 1 aromatic rings. The molecule has 0 fully saturated rings. The van der Waals surface area contributed by atoms with Crippen LogP contribution in [0.3, 0.4) is 0 Å². The van der Waals surface area contributed by atoms with Gasteiger partial charge in [-0.05, 0) is 31.0 Å². The van der Waals surface area contributed by atoms with Crippen LogP contribution in [0.1, 0.15) is 31.1 Å². The van der Waals surface area contributed by atoms with Crippen molar-refractivity contribution in [3.8, 4) is 5.75 Å². The Kier molecular flexibility index (Phi) is 5.79. The summed E-state index contributed by atoms with van der Waals surface area (Å²) in [5.74, 6) is 0.675. The Bertz CT molecular complexity index is 418. The highest BCUT2D eigenvalue weighted by atomic mass is 79.9. The third kappa shape index (κ3) is 4.09. The van der Waals surface area contributed by atoms with Crippen LogP contribution in [0.25, 0.3) is 0 Å². The lowest BCUT2D eigenvalue weighted by atomic mass is 9.99. The largest absolute Gasteiger partial charge is 0.492 e. The third-order valence-electron chi connectivity index (χ3n) is 2.91. The van der Waals surface area contributed by atoms with Crippen molar-refractivity contribution in [1.29, 1.82) is 0 Å². The van der Waals surface area contributed by atoms with Crippen molar-refractivity contribution in [2.75, 3.05) is 11.9 Å². The van der Waals surface area contributed by atoms with Gasteiger partial charge in [-0.3, -0.25) is 4.79 Å². The van der Waals surface area contributed by atoms with Gasteiger partial charge in [0.2, 0.25) is 0 Å². The zero-order valence-electron chi connectivity index (χ0n) is 10.9. The maximum atomic E-state index is 13.1. The van der Waals surface area contributed by atoms with Crippen molar-refractivity contribution in [3.05, 3.63) is 29.6 Å². The minimum atomic E-state index is -0.423. The number of carbonyl (C=O) groups is 1. The lowest BCUT2D eigenvalue weighted by Gasteiger charge is -2.19. The number of halogens is 2. The van der Waals surface area contributed by atoms with E-state index in [0.717, 1.165) is 5.33 Å². The summed E-state index contributed by atoms with van der Waals surface area (Å²) in [6.07, 6.45) is 0. The molecule has 0 aromatic heterocycles. The van der Waals surface area contributed by atoms with E-state index in [2.05, 4.69) is 29.8 Å². The molecule has 0 bridgehead atoms. The molecule has 0 aliphatic rings. The van der Waals surface area contributed by atoms with E-state index in [-0.39, 0.29) is 5.78 Å². The van der Waals surface area contributed by atoms with Crippen LogP contribution in [0, 0.1) is 17.7 Å². The molecule has 4 heteroatoms. The molecule has 0 radical (unpaired) electrons. The number of ether oxygens (including phenoxy) is 1. The first-order chi connectivity index (χ1) is 8.45. The molecular weight excluding hydrogens is 299 g/mol. The lowest BCUT2D eigenvalue weighted by Crippen LogP contribution is -2.20. The second-order valence-corrected chi connectivity index (χ2v) is 5.31. The maximum absolute atomic E-state index is 13.1. The van der Waals surface area contributed by atoms with Crippen LogP contribution in [0.4, 0.5) is 4.39 Å². The number of alkyl halides is 1. The van der Waals surface area contributed by atoms with Crippen molar-refractivity contribution in [1.82, 2.24) is 0 Å². The zero-order chi connectivity index (χ0) is 13.7. The molecule has 0 saturated carbocycles. The maximum Gasteiger partial charge on any atom is 0.163 e. The Morgan fingerprint density at radius 1 is 1.44 bits per heavy atom. The van der Waals surface area contributed by atoms with Gasteiger partial charge in [0.05, 0.1) is 12.2 Å². The van der Waals surface area contributed by atoms with Crippen LogP contribution >= 0.6 is 15.9 Å². The predicted molar refractivity (Wildman–Crippen MR) is 74.0 cm³/mol. The SMILES string of the molecule is CC(=O)c1cc(F)ccc1OCC(CBr)C(C)C. The number of benzene rings is 1. The average molecular weight is 317 g/mol. The highest BCUT2D eigenvalue weighted by Gasteiger charge is 2.15. The third-order valence-corrected chi connectivity index (χ3v) is 3.75. The smallest absolute Gasteiger partial charge is 0.163 e. The van der Waals surface area contributed by atoms with Crippen molar-refractivity contribution in [2.45, 2.75) is 20.8 Å². The number of hydrogen-bond donors (Lipinski definition) is 0. The summed E-state index contributed by atoms with van der Waals surface area (Å²) in [4.78, 5) is 11.4. The van der Waals surface area contributed by atoms with Gasteiger partial charge in [-0.1, -0.05) is 29.8 Å². The predicted octanol–water partition coefficient (Wildman–Crippen LogP) is 4.07. The normalized spacial score (nSPS) is 12.6. The van der Waals surface area contributed by atoms with E-state index >= 15 is 0 Å². The molecule has 0 saturated heterocycles. The number of rotatable bonds is 6. The topological polar surface area (TPSA) is 26.3 Å². The van der Waals surface area contributed by atoms with Gasteiger partial charge in [0, 0.05) is 11.2 Å². The molecule has 0 heterocycles. The van der Waals surface area contributed by atoms with Crippen LogP contribution in [-0.4, -0.2) is 17.7 Å². The van der Waals surface area contributed by atoms with Gasteiger partial charge in [-0.25, -0.2) is 4.39 Å². The molecule has 1 aromatic carbocycles. The Balaban J connectivity index is 2.81. The zero-order valence-corrected chi connectivity index (χ0v) is 12.5. The fourth-order valence-corrected chi connectivity index (χ4v) is 2.45. The standard InChI is InChI=1S/C14H18BrFO2/c1-9(2)11(7-15)8-18-14-5-4-12(16)6-13(14)10(3)17/h4-6,9,11H,7-8H2,1-3H3. The Morgan fingerprint density at radius 2 is 2.11 bits per heavy atom. The molecule has 18 heavy (non-hydrogen) atoms. The molecule has 0 aliphatic carbocycles. The fraction of sp³-hybridized carbons (Fsp3) is 0.500. The van der Waals surface area contributed by atoms with E-state index < -0.39 is 5.82 Å². The lowest BCUT2D eigenvalue weighted by molar-refractivity contribution is 0.101. The van der Waals surface area contributed by atoms with Crippen molar-refractivity contribution < 1.29 is 13.9 Å². The Hall–Kier alpha value is -0.900. The second-order valence-electron chi connectivity index (χ2n) is 4.67. The van der Waals surface area contributed by atoms with Gasteiger partial charge in [0.15, 0.2) is 5.78 Å². The second kappa shape index (κ2) is 6.88. The van der Waals surface area contributed by atoms with Gasteiger partial charge in [0.25, 0.3) is 0 Å². The van der Waals surface area contributed by atoms with E-state index in [0.29, 0.717) is 29.8 Å². The summed E-state index contributed by atoms with van der Waals surface area (Å²) in [6.45, 7) is 6.15. The van der Waals surface area contributed by atoms with Crippen molar-refractivity contribution in [3.63, 3.8) is 0 Å². The first-order valence-corrected chi connectivity index (χ1v) is 7.07. The molecule has 0 spiro atoms. The number of hydrogen-bond acceptors (Lipinski definition) is 2. The molecule has 2 nitrogen and oxygen atoms in total. The molecule has 1 unspecified atom stereocenters. The van der Waals surface area contributed by atoms with Crippen LogP contribution in [-0.2, 0) is 0 Å². The molecule has 1 atom stereocenters.